The predicted octanol–water partition coefficient (Wildman–Crippen LogP) is 2.15. The van der Waals surface area contributed by atoms with Gasteiger partial charge in [-0.05, 0) is 19.9 Å². The van der Waals surface area contributed by atoms with Crippen molar-refractivity contribution < 1.29 is 4.79 Å². The Kier molecular flexibility index (Phi) is 3.57. The molecule has 1 amide bonds. The summed E-state index contributed by atoms with van der Waals surface area (Å²) in [5.74, 6) is -0.187. The molecule has 2 aromatic rings. The number of hydrogen-bond acceptors (Lipinski definition) is 4. The van der Waals surface area contributed by atoms with Crippen LogP contribution in [0.2, 0.25) is 0 Å². The average molecular weight is 262 g/mol. The fourth-order valence-corrected chi connectivity index (χ4v) is 2.19. The molecule has 2 aromatic heterocycles. The number of aromatic nitrogens is 3. The Morgan fingerprint density at radius 3 is 2.83 bits per heavy atom. The molecule has 18 heavy (non-hydrogen) atoms. The largest absolute Gasteiger partial charge is 0.298 e. The molecule has 0 atom stereocenters. The summed E-state index contributed by atoms with van der Waals surface area (Å²) >= 11 is 1.48. The maximum absolute atomic E-state index is 11.7. The predicted molar refractivity (Wildman–Crippen MR) is 72.5 cm³/mol. The molecule has 94 valence electrons. The molecule has 0 aliphatic carbocycles. The van der Waals surface area contributed by atoms with Crippen molar-refractivity contribution in [1.82, 2.24) is 14.8 Å². The number of rotatable bonds is 3. The molecule has 0 saturated heterocycles. The van der Waals surface area contributed by atoms with Gasteiger partial charge in [0.25, 0.3) is 0 Å². The van der Waals surface area contributed by atoms with Crippen molar-refractivity contribution in [2.24, 2.45) is 7.05 Å². The monoisotopic (exact) mass is 262 g/mol. The fraction of sp³-hybridized carbons (Fsp3) is 0.250. The summed E-state index contributed by atoms with van der Waals surface area (Å²) < 4.78 is 1.69. The third-order valence-corrected chi connectivity index (χ3v) is 3.40. The topological polar surface area (TPSA) is 59.8 Å². The molecule has 0 fully saturated rings. The van der Waals surface area contributed by atoms with E-state index in [0.717, 1.165) is 16.1 Å². The lowest BCUT2D eigenvalue weighted by molar-refractivity contribution is -0.111. The van der Waals surface area contributed by atoms with Crippen LogP contribution in [0.1, 0.15) is 16.1 Å². The third-order valence-electron chi connectivity index (χ3n) is 2.41. The zero-order chi connectivity index (χ0) is 13.1. The molecule has 0 saturated carbocycles. The highest BCUT2D eigenvalue weighted by Gasteiger charge is 2.05. The molecular formula is C12H14N4OS. The molecule has 1 N–H and O–H groups in total. The second-order valence-electron chi connectivity index (χ2n) is 3.93. The van der Waals surface area contributed by atoms with Crippen LogP contribution in [0.4, 0.5) is 5.13 Å². The minimum atomic E-state index is -0.187. The molecule has 0 aromatic carbocycles. The minimum absolute atomic E-state index is 0.187. The first-order chi connectivity index (χ1) is 8.54. The van der Waals surface area contributed by atoms with Gasteiger partial charge in [0.2, 0.25) is 5.91 Å². The molecule has 0 radical (unpaired) electrons. The van der Waals surface area contributed by atoms with Crippen molar-refractivity contribution in [3.05, 3.63) is 34.6 Å². The van der Waals surface area contributed by atoms with Gasteiger partial charge in [0.1, 0.15) is 0 Å². The van der Waals surface area contributed by atoms with Crippen LogP contribution in [-0.2, 0) is 11.8 Å². The molecule has 0 spiro atoms. The van der Waals surface area contributed by atoms with Gasteiger partial charge < -0.3 is 0 Å². The van der Waals surface area contributed by atoms with Gasteiger partial charge in [-0.3, -0.25) is 14.8 Å². The summed E-state index contributed by atoms with van der Waals surface area (Å²) in [4.78, 5) is 17.0. The van der Waals surface area contributed by atoms with Gasteiger partial charge in [-0.25, -0.2) is 4.98 Å². The normalized spacial score (nSPS) is 11.1. The number of amides is 1. The van der Waals surface area contributed by atoms with Gasteiger partial charge in [-0.15, -0.1) is 11.3 Å². The maximum atomic E-state index is 11.7. The molecule has 0 aliphatic rings. The highest BCUT2D eigenvalue weighted by Crippen LogP contribution is 2.20. The first-order valence-electron chi connectivity index (χ1n) is 5.46. The van der Waals surface area contributed by atoms with Gasteiger partial charge in [0, 0.05) is 29.8 Å². The van der Waals surface area contributed by atoms with Crippen LogP contribution in [-0.4, -0.2) is 20.7 Å². The SMILES string of the molecule is Cc1nc(NC(=O)/C=C/c2cnn(C)c2)sc1C. The van der Waals surface area contributed by atoms with Crippen molar-refractivity contribution in [2.45, 2.75) is 13.8 Å². The lowest BCUT2D eigenvalue weighted by Gasteiger charge is -1.94. The van der Waals surface area contributed by atoms with Gasteiger partial charge >= 0.3 is 0 Å². The van der Waals surface area contributed by atoms with Crippen LogP contribution in [0.15, 0.2) is 18.5 Å². The summed E-state index contributed by atoms with van der Waals surface area (Å²) in [6.07, 6.45) is 6.72. The zero-order valence-corrected chi connectivity index (χ0v) is 11.3. The Labute approximate surface area is 109 Å². The number of aryl methyl sites for hydroxylation is 3. The highest BCUT2D eigenvalue weighted by atomic mass is 32.1. The van der Waals surface area contributed by atoms with Crippen molar-refractivity contribution >= 4 is 28.5 Å². The zero-order valence-electron chi connectivity index (χ0n) is 10.5. The van der Waals surface area contributed by atoms with Crippen LogP contribution in [0.3, 0.4) is 0 Å². The van der Waals surface area contributed by atoms with E-state index in [-0.39, 0.29) is 5.91 Å². The second-order valence-corrected chi connectivity index (χ2v) is 5.13. The molecule has 0 bridgehead atoms. The van der Waals surface area contributed by atoms with Gasteiger partial charge in [-0.1, -0.05) is 0 Å². The van der Waals surface area contributed by atoms with E-state index in [1.54, 1.807) is 17.0 Å². The first kappa shape index (κ1) is 12.5. The number of thiazole rings is 1. The number of nitrogens with one attached hydrogen (secondary N) is 1. The number of anilines is 1. The van der Waals surface area contributed by atoms with E-state index in [0.29, 0.717) is 5.13 Å². The number of nitrogens with zero attached hydrogens (tertiary/aromatic N) is 3. The summed E-state index contributed by atoms with van der Waals surface area (Å²) in [7, 11) is 1.83. The Hall–Kier alpha value is -1.95. The van der Waals surface area contributed by atoms with Gasteiger partial charge in [0.05, 0.1) is 11.9 Å². The van der Waals surface area contributed by atoms with Gasteiger partial charge in [0.15, 0.2) is 5.13 Å². The standard InChI is InChI=1S/C12H14N4OS/c1-8-9(2)18-12(14-8)15-11(17)5-4-10-6-13-16(3)7-10/h4-7H,1-3H3,(H,14,15,17)/b5-4+. The Morgan fingerprint density at radius 1 is 1.50 bits per heavy atom. The molecule has 6 heteroatoms. The van der Waals surface area contributed by atoms with E-state index >= 15 is 0 Å². The maximum Gasteiger partial charge on any atom is 0.250 e. The third kappa shape index (κ3) is 3.04. The summed E-state index contributed by atoms with van der Waals surface area (Å²) in [5.41, 5.74) is 1.84. The Morgan fingerprint density at radius 2 is 2.28 bits per heavy atom. The van der Waals surface area contributed by atoms with Crippen molar-refractivity contribution in [3.8, 4) is 0 Å². The average Bonchev–Trinajstić information content (AvgIpc) is 2.84. The van der Waals surface area contributed by atoms with E-state index in [1.165, 1.54) is 17.4 Å². The van der Waals surface area contributed by atoms with Crippen LogP contribution in [0, 0.1) is 13.8 Å². The number of carbonyl (C=O) groups excluding carboxylic acids is 1. The fourth-order valence-electron chi connectivity index (χ4n) is 1.37. The number of hydrogen-bond donors (Lipinski definition) is 1. The van der Waals surface area contributed by atoms with Crippen LogP contribution in [0.25, 0.3) is 6.08 Å². The quantitative estimate of drug-likeness (QED) is 0.862. The Balaban J connectivity index is 1.98. The van der Waals surface area contributed by atoms with E-state index in [9.17, 15) is 4.79 Å². The van der Waals surface area contributed by atoms with Crippen LogP contribution >= 0.6 is 11.3 Å². The molecule has 0 aliphatic heterocycles. The van der Waals surface area contributed by atoms with Crippen molar-refractivity contribution in [2.75, 3.05) is 5.32 Å². The van der Waals surface area contributed by atoms with Crippen LogP contribution < -0.4 is 5.32 Å². The van der Waals surface area contributed by atoms with Crippen molar-refractivity contribution in [1.29, 1.82) is 0 Å². The molecule has 2 rings (SSSR count). The smallest absolute Gasteiger partial charge is 0.250 e. The van der Waals surface area contributed by atoms with E-state index < -0.39 is 0 Å². The Bertz CT molecular complexity index is 577. The first-order valence-corrected chi connectivity index (χ1v) is 6.28. The lowest BCUT2D eigenvalue weighted by Crippen LogP contribution is -2.07. The highest BCUT2D eigenvalue weighted by molar-refractivity contribution is 7.15. The second kappa shape index (κ2) is 5.14. The lowest BCUT2D eigenvalue weighted by atomic mass is 10.3. The summed E-state index contributed by atoms with van der Waals surface area (Å²) in [5, 5.41) is 7.38. The summed E-state index contributed by atoms with van der Waals surface area (Å²) in [6, 6.07) is 0. The van der Waals surface area contributed by atoms with Gasteiger partial charge in [-0.2, -0.15) is 5.10 Å². The molecule has 0 unspecified atom stereocenters. The van der Waals surface area contributed by atoms with Crippen LogP contribution in [0.5, 0.6) is 0 Å². The van der Waals surface area contributed by atoms with E-state index in [4.69, 9.17) is 0 Å². The van der Waals surface area contributed by atoms with E-state index in [1.807, 2.05) is 27.1 Å². The van der Waals surface area contributed by atoms with E-state index in [2.05, 4.69) is 15.4 Å². The molecule has 2 heterocycles. The van der Waals surface area contributed by atoms with Crippen molar-refractivity contribution in [3.63, 3.8) is 0 Å². The minimum Gasteiger partial charge on any atom is -0.298 e. The summed E-state index contributed by atoms with van der Waals surface area (Å²) in [6.45, 7) is 3.90. The number of carbonyl (C=O) groups is 1. The molecule has 5 nitrogen and oxygen atoms in total. The molecular weight excluding hydrogens is 248 g/mol.